The normalized spacial score (nSPS) is 20.0. The lowest BCUT2D eigenvalue weighted by atomic mass is 9.76. The summed E-state index contributed by atoms with van der Waals surface area (Å²) in [4.78, 5) is 12.3. The van der Waals surface area contributed by atoms with Crippen LogP contribution in [-0.2, 0) is 9.53 Å². The van der Waals surface area contributed by atoms with Gasteiger partial charge < -0.3 is 15.4 Å². The SMILES string of the molecule is CCC1(C(=O)NCC(C)(C)OC)CCNCC1. The Labute approximate surface area is 104 Å². The summed E-state index contributed by atoms with van der Waals surface area (Å²) in [5, 5.41) is 6.35. The van der Waals surface area contributed by atoms with Gasteiger partial charge in [0, 0.05) is 13.7 Å². The van der Waals surface area contributed by atoms with Crippen molar-refractivity contribution in [2.75, 3.05) is 26.7 Å². The quantitative estimate of drug-likeness (QED) is 0.764. The van der Waals surface area contributed by atoms with Crippen molar-refractivity contribution in [3.8, 4) is 0 Å². The van der Waals surface area contributed by atoms with Crippen LogP contribution in [0.3, 0.4) is 0 Å². The maximum absolute atomic E-state index is 12.3. The van der Waals surface area contributed by atoms with Crippen molar-refractivity contribution in [2.24, 2.45) is 5.41 Å². The van der Waals surface area contributed by atoms with E-state index in [4.69, 9.17) is 4.74 Å². The lowest BCUT2D eigenvalue weighted by molar-refractivity contribution is -0.134. The number of piperidine rings is 1. The molecule has 0 aromatic rings. The first-order valence-corrected chi connectivity index (χ1v) is 6.50. The molecule has 1 aliphatic heterocycles. The van der Waals surface area contributed by atoms with E-state index in [1.165, 1.54) is 0 Å². The summed E-state index contributed by atoms with van der Waals surface area (Å²) >= 11 is 0. The van der Waals surface area contributed by atoms with Crippen LogP contribution in [0.15, 0.2) is 0 Å². The average molecular weight is 242 g/mol. The van der Waals surface area contributed by atoms with E-state index >= 15 is 0 Å². The summed E-state index contributed by atoms with van der Waals surface area (Å²) in [7, 11) is 1.67. The summed E-state index contributed by atoms with van der Waals surface area (Å²) in [5.41, 5.74) is -0.466. The number of nitrogens with one attached hydrogen (secondary N) is 2. The van der Waals surface area contributed by atoms with Gasteiger partial charge in [-0.2, -0.15) is 0 Å². The van der Waals surface area contributed by atoms with Crippen LogP contribution in [0, 0.1) is 5.41 Å². The molecule has 1 rings (SSSR count). The first-order chi connectivity index (χ1) is 7.96. The van der Waals surface area contributed by atoms with Gasteiger partial charge in [-0.15, -0.1) is 0 Å². The third kappa shape index (κ3) is 3.68. The maximum Gasteiger partial charge on any atom is 0.226 e. The zero-order chi connectivity index (χ0) is 12.9. The number of amides is 1. The molecule has 17 heavy (non-hydrogen) atoms. The Kier molecular flexibility index (Phi) is 4.95. The van der Waals surface area contributed by atoms with Gasteiger partial charge in [0.2, 0.25) is 5.91 Å². The molecule has 4 heteroatoms. The van der Waals surface area contributed by atoms with Gasteiger partial charge in [0.1, 0.15) is 0 Å². The van der Waals surface area contributed by atoms with Crippen molar-refractivity contribution in [1.29, 1.82) is 0 Å². The number of methoxy groups -OCH3 is 1. The lowest BCUT2D eigenvalue weighted by Crippen LogP contribution is -2.50. The zero-order valence-electron chi connectivity index (χ0n) is 11.6. The van der Waals surface area contributed by atoms with Crippen LogP contribution in [0.2, 0.25) is 0 Å². The fourth-order valence-corrected chi connectivity index (χ4v) is 2.20. The Morgan fingerprint density at radius 1 is 1.41 bits per heavy atom. The van der Waals surface area contributed by atoms with Gasteiger partial charge in [-0.1, -0.05) is 6.92 Å². The van der Waals surface area contributed by atoms with Gasteiger partial charge in [-0.05, 0) is 46.2 Å². The molecule has 100 valence electrons. The maximum atomic E-state index is 12.3. The van der Waals surface area contributed by atoms with E-state index in [0.717, 1.165) is 32.4 Å². The summed E-state index contributed by atoms with van der Waals surface area (Å²) in [5.74, 6) is 0.187. The van der Waals surface area contributed by atoms with Crippen molar-refractivity contribution in [1.82, 2.24) is 10.6 Å². The smallest absolute Gasteiger partial charge is 0.226 e. The van der Waals surface area contributed by atoms with E-state index in [2.05, 4.69) is 17.6 Å². The van der Waals surface area contributed by atoms with Crippen molar-refractivity contribution < 1.29 is 9.53 Å². The Bertz CT molecular complexity index is 258. The summed E-state index contributed by atoms with van der Waals surface area (Å²) < 4.78 is 5.31. The molecular formula is C13H26N2O2. The van der Waals surface area contributed by atoms with Gasteiger partial charge in [-0.3, -0.25) is 4.79 Å². The Hall–Kier alpha value is -0.610. The molecule has 0 radical (unpaired) electrons. The number of ether oxygens (including phenoxy) is 1. The third-order valence-electron chi connectivity index (χ3n) is 3.95. The fraction of sp³-hybridized carbons (Fsp3) is 0.923. The molecule has 0 saturated carbocycles. The van der Waals surface area contributed by atoms with Gasteiger partial charge in [0.15, 0.2) is 0 Å². The molecule has 0 aromatic heterocycles. The topological polar surface area (TPSA) is 50.4 Å². The van der Waals surface area contributed by atoms with Gasteiger partial charge in [0.25, 0.3) is 0 Å². The van der Waals surface area contributed by atoms with Crippen molar-refractivity contribution in [2.45, 2.75) is 45.6 Å². The van der Waals surface area contributed by atoms with Crippen LogP contribution in [0.1, 0.15) is 40.0 Å². The lowest BCUT2D eigenvalue weighted by Gasteiger charge is -2.36. The van der Waals surface area contributed by atoms with Crippen LogP contribution in [0.25, 0.3) is 0 Å². The molecule has 0 bridgehead atoms. The number of hydrogen-bond acceptors (Lipinski definition) is 3. The van der Waals surface area contributed by atoms with E-state index in [1.54, 1.807) is 7.11 Å². The largest absolute Gasteiger partial charge is 0.377 e. The van der Waals surface area contributed by atoms with E-state index in [1.807, 2.05) is 13.8 Å². The van der Waals surface area contributed by atoms with Crippen LogP contribution < -0.4 is 10.6 Å². The molecule has 4 nitrogen and oxygen atoms in total. The van der Waals surface area contributed by atoms with E-state index in [9.17, 15) is 4.79 Å². The average Bonchev–Trinajstić information content (AvgIpc) is 2.37. The molecule has 1 saturated heterocycles. The van der Waals surface area contributed by atoms with Crippen molar-refractivity contribution >= 4 is 5.91 Å². The summed E-state index contributed by atoms with van der Waals surface area (Å²) in [6, 6.07) is 0. The number of carbonyl (C=O) groups excluding carboxylic acids is 1. The number of rotatable bonds is 5. The molecule has 1 heterocycles. The fourth-order valence-electron chi connectivity index (χ4n) is 2.20. The van der Waals surface area contributed by atoms with Gasteiger partial charge in [-0.25, -0.2) is 0 Å². The van der Waals surface area contributed by atoms with Crippen molar-refractivity contribution in [3.05, 3.63) is 0 Å². The second-order valence-electron chi connectivity index (χ2n) is 5.53. The summed E-state index contributed by atoms with van der Waals surface area (Å²) in [6.07, 6.45) is 2.78. The number of hydrogen-bond donors (Lipinski definition) is 2. The highest BCUT2D eigenvalue weighted by atomic mass is 16.5. The molecule has 0 unspecified atom stereocenters. The Morgan fingerprint density at radius 2 is 2.00 bits per heavy atom. The van der Waals surface area contributed by atoms with E-state index in [-0.39, 0.29) is 16.9 Å². The minimum absolute atomic E-state index is 0.172. The Balaban J connectivity index is 2.55. The van der Waals surface area contributed by atoms with Crippen LogP contribution in [0.5, 0.6) is 0 Å². The zero-order valence-corrected chi connectivity index (χ0v) is 11.6. The minimum Gasteiger partial charge on any atom is -0.377 e. The predicted octanol–water partition coefficient (Wildman–Crippen LogP) is 1.31. The van der Waals surface area contributed by atoms with Gasteiger partial charge in [0.05, 0.1) is 11.0 Å². The highest BCUT2D eigenvalue weighted by Crippen LogP contribution is 2.32. The standard InChI is InChI=1S/C13H26N2O2/c1-5-13(6-8-14-9-7-13)11(16)15-10-12(2,3)17-4/h14H,5-10H2,1-4H3,(H,15,16). The monoisotopic (exact) mass is 242 g/mol. The first-order valence-electron chi connectivity index (χ1n) is 6.50. The predicted molar refractivity (Wildman–Crippen MR) is 68.9 cm³/mol. The van der Waals surface area contributed by atoms with Crippen molar-refractivity contribution in [3.63, 3.8) is 0 Å². The molecule has 0 aliphatic carbocycles. The van der Waals surface area contributed by atoms with Crippen LogP contribution >= 0.6 is 0 Å². The molecule has 1 amide bonds. The van der Waals surface area contributed by atoms with Crippen LogP contribution in [0.4, 0.5) is 0 Å². The molecule has 2 N–H and O–H groups in total. The second-order valence-corrected chi connectivity index (χ2v) is 5.53. The first kappa shape index (κ1) is 14.5. The molecule has 0 spiro atoms. The Morgan fingerprint density at radius 3 is 2.47 bits per heavy atom. The second kappa shape index (κ2) is 5.83. The molecule has 0 atom stereocenters. The molecule has 1 fully saturated rings. The van der Waals surface area contributed by atoms with E-state index < -0.39 is 0 Å². The van der Waals surface area contributed by atoms with E-state index in [0.29, 0.717) is 6.54 Å². The molecule has 0 aromatic carbocycles. The highest BCUT2D eigenvalue weighted by molar-refractivity contribution is 5.82. The third-order valence-corrected chi connectivity index (χ3v) is 3.95. The molecule has 1 aliphatic rings. The molecular weight excluding hydrogens is 216 g/mol. The number of carbonyl (C=O) groups is 1. The van der Waals surface area contributed by atoms with Gasteiger partial charge >= 0.3 is 0 Å². The summed E-state index contributed by atoms with van der Waals surface area (Å²) in [6.45, 7) is 8.51. The highest BCUT2D eigenvalue weighted by Gasteiger charge is 2.38. The van der Waals surface area contributed by atoms with Crippen LogP contribution in [-0.4, -0.2) is 38.3 Å². The minimum atomic E-state index is -0.294.